The lowest BCUT2D eigenvalue weighted by atomic mass is 10.1. The molecule has 1 amide bonds. The average Bonchev–Trinajstić information content (AvgIpc) is 3.17. The lowest BCUT2D eigenvalue weighted by Crippen LogP contribution is -2.27. The Bertz CT molecular complexity index is 873. The Morgan fingerprint density at radius 3 is 2.26 bits per heavy atom. The van der Waals surface area contributed by atoms with Crippen LogP contribution >= 0.6 is 0 Å². The third-order valence-electron chi connectivity index (χ3n) is 4.09. The molecule has 3 aromatic rings. The van der Waals surface area contributed by atoms with Gasteiger partial charge in [-0.1, -0.05) is 12.1 Å². The Labute approximate surface area is 157 Å². The maximum Gasteiger partial charge on any atom is 0.224 e. The van der Waals surface area contributed by atoms with Gasteiger partial charge in [0.05, 0.1) is 20.6 Å². The summed E-state index contributed by atoms with van der Waals surface area (Å²) in [5.41, 5.74) is 1.84. The zero-order chi connectivity index (χ0) is 19.1. The first-order valence-corrected chi connectivity index (χ1v) is 8.63. The summed E-state index contributed by atoms with van der Waals surface area (Å²) in [6, 6.07) is 15.0. The van der Waals surface area contributed by atoms with Crippen LogP contribution in [0.5, 0.6) is 11.5 Å². The Balaban J connectivity index is 1.47. The number of rotatable bonds is 8. The molecular formula is C20H22N4O3. The van der Waals surface area contributed by atoms with Crippen LogP contribution in [0.3, 0.4) is 0 Å². The van der Waals surface area contributed by atoms with Crippen molar-refractivity contribution in [3.05, 3.63) is 59.9 Å². The maximum absolute atomic E-state index is 12.0. The standard InChI is InChI=1S/C20H22N4O3/c1-26-16-7-3-14(4-8-16)13-19(25)21-12-11-18-22-20(24-23-18)15-5-9-17(27-2)10-6-15/h3-10H,11-13H2,1-2H3,(H,21,25)(H,22,23,24). The minimum Gasteiger partial charge on any atom is -0.497 e. The van der Waals surface area contributed by atoms with Crippen molar-refractivity contribution in [2.24, 2.45) is 0 Å². The minimum absolute atomic E-state index is 0.0324. The number of amides is 1. The van der Waals surface area contributed by atoms with Crippen LogP contribution in [0.2, 0.25) is 0 Å². The highest BCUT2D eigenvalue weighted by atomic mass is 16.5. The molecule has 7 nitrogen and oxygen atoms in total. The number of methoxy groups -OCH3 is 2. The molecule has 0 saturated carbocycles. The quantitative estimate of drug-likeness (QED) is 0.639. The summed E-state index contributed by atoms with van der Waals surface area (Å²) in [4.78, 5) is 16.5. The van der Waals surface area contributed by atoms with Gasteiger partial charge in [0.25, 0.3) is 0 Å². The van der Waals surface area contributed by atoms with Crippen molar-refractivity contribution in [3.63, 3.8) is 0 Å². The molecule has 2 N–H and O–H groups in total. The monoisotopic (exact) mass is 366 g/mol. The molecule has 0 bridgehead atoms. The molecule has 0 aliphatic rings. The van der Waals surface area contributed by atoms with Crippen LogP contribution in [0, 0.1) is 0 Å². The molecule has 0 aliphatic heterocycles. The van der Waals surface area contributed by atoms with Crippen LogP contribution in [-0.2, 0) is 17.6 Å². The second-order valence-corrected chi connectivity index (χ2v) is 5.96. The lowest BCUT2D eigenvalue weighted by molar-refractivity contribution is -0.120. The molecule has 0 radical (unpaired) electrons. The summed E-state index contributed by atoms with van der Waals surface area (Å²) in [7, 11) is 3.24. The summed E-state index contributed by atoms with van der Waals surface area (Å²) in [6.45, 7) is 0.492. The van der Waals surface area contributed by atoms with Crippen LogP contribution in [0.4, 0.5) is 0 Å². The number of nitrogens with one attached hydrogen (secondary N) is 2. The molecule has 7 heteroatoms. The van der Waals surface area contributed by atoms with E-state index in [9.17, 15) is 4.79 Å². The molecule has 0 fully saturated rings. The lowest BCUT2D eigenvalue weighted by Gasteiger charge is -2.05. The number of hydrogen-bond acceptors (Lipinski definition) is 5. The van der Waals surface area contributed by atoms with Crippen molar-refractivity contribution in [1.29, 1.82) is 0 Å². The van der Waals surface area contributed by atoms with Crippen molar-refractivity contribution >= 4 is 5.91 Å². The van der Waals surface area contributed by atoms with Crippen molar-refractivity contribution in [2.75, 3.05) is 20.8 Å². The number of nitrogens with zero attached hydrogens (tertiary/aromatic N) is 2. The van der Waals surface area contributed by atoms with Crippen LogP contribution in [0.1, 0.15) is 11.4 Å². The molecule has 0 unspecified atom stereocenters. The van der Waals surface area contributed by atoms with Crippen molar-refractivity contribution in [3.8, 4) is 22.9 Å². The number of carbonyl (C=O) groups excluding carboxylic acids is 1. The zero-order valence-corrected chi connectivity index (χ0v) is 15.4. The number of hydrogen-bond donors (Lipinski definition) is 2. The smallest absolute Gasteiger partial charge is 0.224 e. The molecule has 1 aromatic heterocycles. The number of benzene rings is 2. The van der Waals surface area contributed by atoms with Gasteiger partial charge in [-0.15, -0.1) is 0 Å². The van der Waals surface area contributed by atoms with E-state index in [1.807, 2.05) is 48.5 Å². The van der Waals surface area contributed by atoms with Crippen LogP contribution in [0.15, 0.2) is 48.5 Å². The largest absolute Gasteiger partial charge is 0.497 e. The minimum atomic E-state index is -0.0324. The highest BCUT2D eigenvalue weighted by molar-refractivity contribution is 5.78. The third kappa shape index (κ3) is 5.07. The van der Waals surface area contributed by atoms with Crippen LogP contribution in [-0.4, -0.2) is 41.9 Å². The van der Waals surface area contributed by atoms with E-state index in [-0.39, 0.29) is 5.91 Å². The molecule has 2 aromatic carbocycles. The van der Waals surface area contributed by atoms with Gasteiger partial charge in [-0.25, -0.2) is 4.98 Å². The van der Waals surface area contributed by atoms with Crippen molar-refractivity contribution in [2.45, 2.75) is 12.8 Å². The van der Waals surface area contributed by atoms with E-state index in [0.29, 0.717) is 25.2 Å². The fourth-order valence-electron chi connectivity index (χ4n) is 2.59. The SMILES string of the molecule is COc1ccc(CC(=O)NCCc2nc(-c3ccc(OC)cc3)n[nH]2)cc1. The molecule has 0 saturated heterocycles. The zero-order valence-electron chi connectivity index (χ0n) is 15.4. The van der Waals surface area contributed by atoms with E-state index in [1.54, 1.807) is 14.2 Å². The Morgan fingerprint density at radius 1 is 1.00 bits per heavy atom. The Kier molecular flexibility index (Phi) is 6.04. The van der Waals surface area contributed by atoms with E-state index in [0.717, 1.165) is 28.5 Å². The summed E-state index contributed by atoms with van der Waals surface area (Å²) in [5, 5.41) is 10.0. The normalized spacial score (nSPS) is 10.4. The van der Waals surface area contributed by atoms with E-state index in [1.165, 1.54) is 0 Å². The van der Waals surface area contributed by atoms with Crippen molar-refractivity contribution < 1.29 is 14.3 Å². The van der Waals surface area contributed by atoms with Gasteiger partial charge in [0.1, 0.15) is 17.3 Å². The van der Waals surface area contributed by atoms with Crippen LogP contribution in [0.25, 0.3) is 11.4 Å². The highest BCUT2D eigenvalue weighted by Crippen LogP contribution is 2.19. The number of aromatic amines is 1. The molecule has 0 aliphatic carbocycles. The summed E-state index contributed by atoms with van der Waals surface area (Å²) in [5.74, 6) is 2.88. The first-order valence-electron chi connectivity index (χ1n) is 8.63. The second-order valence-electron chi connectivity index (χ2n) is 5.96. The van der Waals surface area contributed by atoms with E-state index in [4.69, 9.17) is 9.47 Å². The predicted octanol–water partition coefficient (Wildman–Crippen LogP) is 2.39. The van der Waals surface area contributed by atoms with Crippen molar-refractivity contribution in [1.82, 2.24) is 20.5 Å². The third-order valence-corrected chi connectivity index (χ3v) is 4.09. The molecule has 27 heavy (non-hydrogen) atoms. The highest BCUT2D eigenvalue weighted by Gasteiger charge is 2.08. The van der Waals surface area contributed by atoms with Gasteiger partial charge in [-0.05, 0) is 42.0 Å². The maximum atomic E-state index is 12.0. The van der Waals surface area contributed by atoms with Gasteiger partial charge < -0.3 is 14.8 Å². The van der Waals surface area contributed by atoms with E-state index in [2.05, 4.69) is 20.5 Å². The number of carbonyl (C=O) groups is 1. The van der Waals surface area contributed by atoms with Gasteiger partial charge in [0.2, 0.25) is 5.91 Å². The Morgan fingerprint density at radius 2 is 1.63 bits per heavy atom. The fourth-order valence-corrected chi connectivity index (χ4v) is 2.59. The number of aromatic nitrogens is 3. The topological polar surface area (TPSA) is 89.1 Å². The van der Waals surface area contributed by atoms with Gasteiger partial charge in [0.15, 0.2) is 5.82 Å². The van der Waals surface area contributed by atoms with Gasteiger partial charge in [-0.3, -0.25) is 9.89 Å². The molecule has 140 valence electrons. The van der Waals surface area contributed by atoms with Gasteiger partial charge in [-0.2, -0.15) is 5.10 Å². The fraction of sp³-hybridized carbons (Fsp3) is 0.250. The summed E-state index contributed by atoms with van der Waals surface area (Å²) in [6.07, 6.45) is 0.912. The molecule has 3 rings (SSSR count). The molecule has 0 spiro atoms. The van der Waals surface area contributed by atoms with Crippen LogP contribution < -0.4 is 14.8 Å². The van der Waals surface area contributed by atoms with Gasteiger partial charge in [0, 0.05) is 18.5 Å². The second kappa shape index (κ2) is 8.84. The van der Waals surface area contributed by atoms with Gasteiger partial charge >= 0.3 is 0 Å². The first kappa shape index (κ1) is 18.4. The predicted molar refractivity (Wildman–Crippen MR) is 102 cm³/mol. The molecule has 1 heterocycles. The van der Waals surface area contributed by atoms with E-state index >= 15 is 0 Å². The summed E-state index contributed by atoms with van der Waals surface area (Å²) >= 11 is 0. The number of H-pyrrole nitrogens is 1. The number of ether oxygens (including phenoxy) is 2. The first-order chi connectivity index (χ1) is 13.2. The Hall–Kier alpha value is -3.35. The molecular weight excluding hydrogens is 344 g/mol. The summed E-state index contributed by atoms with van der Waals surface area (Å²) < 4.78 is 10.3. The van der Waals surface area contributed by atoms with E-state index < -0.39 is 0 Å². The average molecular weight is 366 g/mol. The molecule has 0 atom stereocenters.